The van der Waals surface area contributed by atoms with Gasteiger partial charge in [-0.1, -0.05) is 60.7 Å². The van der Waals surface area contributed by atoms with Crippen LogP contribution >= 0.6 is 0 Å². The lowest BCUT2D eigenvalue weighted by Gasteiger charge is -2.26. The maximum Gasteiger partial charge on any atom is 0.340 e. The maximum atomic E-state index is 11.6. The van der Waals surface area contributed by atoms with Crippen molar-refractivity contribution in [3.63, 3.8) is 0 Å². The van der Waals surface area contributed by atoms with Crippen molar-refractivity contribution < 1.29 is 19.8 Å². The summed E-state index contributed by atoms with van der Waals surface area (Å²) in [6, 6.07) is 16.9. The molecule has 0 spiro atoms. The van der Waals surface area contributed by atoms with Gasteiger partial charge < -0.3 is 10.2 Å². The highest BCUT2D eigenvalue weighted by Crippen LogP contribution is 2.23. The summed E-state index contributed by atoms with van der Waals surface area (Å²) in [6.45, 7) is 0.133. The van der Waals surface area contributed by atoms with E-state index in [1.54, 1.807) is 30.3 Å². The van der Waals surface area contributed by atoms with E-state index in [1.165, 1.54) is 12.1 Å². The van der Waals surface area contributed by atoms with Crippen molar-refractivity contribution in [2.45, 2.75) is 12.1 Å². The largest absolute Gasteiger partial charge is 0.479 e. The molecule has 0 unspecified atom stereocenters. The van der Waals surface area contributed by atoms with E-state index in [4.69, 9.17) is 0 Å². The van der Waals surface area contributed by atoms with Crippen molar-refractivity contribution >= 4 is 11.9 Å². The van der Waals surface area contributed by atoms with Crippen LogP contribution < -0.4 is 5.32 Å². The van der Waals surface area contributed by atoms with Crippen molar-refractivity contribution in [3.05, 3.63) is 71.8 Å². The molecule has 0 heterocycles. The molecule has 0 aliphatic carbocycles. The fraction of sp³-hybridized carbons (Fsp3) is 0.125. The second kappa shape index (κ2) is 6.19. The third kappa shape index (κ3) is 2.93. The number of nitrogens with one attached hydrogen (secondary N) is 1. The zero-order chi connectivity index (χ0) is 15.3. The number of benzene rings is 2. The first-order valence-corrected chi connectivity index (χ1v) is 6.38. The second-order valence-corrected chi connectivity index (χ2v) is 4.57. The molecule has 0 fully saturated rings. The van der Waals surface area contributed by atoms with Crippen LogP contribution in [-0.4, -0.2) is 22.2 Å². The van der Waals surface area contributed by atoms with Crippen LogP contribution in [0.5, 0.6) is 0 Å². The van der Waals surface area contributed by atoms with Crippen LogP contribution in [0, 0.1) is 0 Å². The summed E-state index contributed by atoms with van der Waals surface area (Å²) in [5.74, 6) is -2.89. The van der Waals surface area contributed by atoms with E-state index in [2.05, 4.69) is 5.32 Å². The molecule has 0 radical (unpaired) electrons. The third-order valence-electron chi connectivity index (χ3n) is 3.25. The van der Waals surface area contributed by atoms with Crippen LogP contribution in [0.2, 0.25) is 0 Å². The first-order valence-electron chi connectivity index (χ1n) is 6.38. The van der Waals surface area contributed by atoms with E-state index in [0.29, 0.717) is 0 Å². The average molecular weight is 285 g/mol. The second-order valence-electron chi connectivity index (χ2n) is 4.57. The molecule has 0 saturated carbocycles. The highest BCUT2D eigenvalue weighted by atomic mass is 16.4. The predicted octanol–water partition coefficient (Wildman–Crippen LogP) is 1.84. The molecule has 2 rings (SSSR count). The summed E-state index contributed by atoms with van der Waals surface area (Å²) < 4.78 is 0. The van der Waals surface area contributed by atoms with Crippen molar-refractivity contribution in [1.29, 1.82) is 0 Å². The molecule has 0 aliphatic heterocycles. The van der Waals surface area contributed by atoms with Gasteiger partial charge in [0.25, 0.3) is 0 Å². The monoisotopic (exact) mass is 285 g/mol. The Hall–Kier alpha value is -2.66. The summed E-state index contributed by atoms with van der Waals surface area (Å²) in [5, 5.41) is 21.6. The van der Waals surface area contributed by atoms with E-state index in [0.717, 1.165) is 5.56 Å². The smallest absolute Gasteiger partial charge is 0.340 e. The van der Waals surface area contributed by atoms with E-state index < -0.39 is 17.5 Å². The number of carboxylic acids is 2. The van der Waals surface area contributed by atoms with Gasteiger partial charge in [-0.15, -0.1) is 0 Å². The van der Waals surface area contributed by atoms with Crippen molar-refractivity contribution in [2.75, 3.05) is 0 Å². The molecule has 2 aromatic carbocycles. The Morgan fingerprint density at radius 3 is 1.81 bits per heavy atom. The van der Waals surface area contributed by atoms with Crippen LogP contribution in [0.4, 0.5) is 0 Å². The minimum Gasteiger partial charge on any atom is -0.479 e. The minimum atomic E-state index is -2.17. The van der Waals surface area contributed by atoms with Crippen LogP contribution in [0.3, 0.4) is 0 Å². The lowest BCUT2D eigenvalue weighted by atomic mass is 9.89. The molecule has 2 aromatic rings. The zero-order valence-electron chi connectivity index (χ0n) is 11.2. The molecule has 0 aromatic heterocycles. The van der Waals surface area contributed by atoms with Crippen LogP contribution in [0.25, 0.3) is 0 Å². The van der Waals surface area contributed by atoms with Gasteiger partial charge in [-0.05, 0) is 11.1 Å². The Morgan fingerprint density at radius 1 is 0.857 bits per heavy atom. The number of aliphatic carboxylic acids is 2. The van der Waals surface area contributed by atoms with Gasteiger partial charge >= 0.3 is 11.9 Å². The lowest BCUT2D eigenvalue weighted by Crippen LogP contribution is -2.55. The first kappa shape index (κ1) is 14.7. The van der Waals surface area contributed by atoms with Gasteiger partial charge in [0.2, 0.25) is 5.54 Å². The number of rotatable bonds is 6. The standard InChI is InChI=1S/C16H15NO4/c18-14(19)16(15(20)21,13-9-5-2-6-10-13)17-11-12-7-3-1-4-8-12/h1-10,17H,11H2,(H,18,19)(H,20,21). The summed E-state index contributed by atoms with van der Waals surface area (Å²) in [5.41, 5.74) is -1.18. The van der Waals surface area contributed by atoms with E-state index in [1.807, 2.05) is 18.2 Å². The molecule has 0 aliphatic rings. The molecule has 3 N–H and O–H groups in total. The highest BCUT2D eigenvalue weighted by molar-refractivity contribution is 6.04. The molecule has 0 atom stereocenters. The first-order chi connectivity index (χ1) is 10.1. The van der Waals surface area contributed by atoms with Gasteiger partial charge in [0, 0.05) is 6.54 Å². The van der Waals surface area contributed by atoms with Gasteiger partial charge in [0.15, 0.2) is 0 Å². The van der Waals surface area contributed by atoms with E-state index in [9.17, 15) is 19.8 Å². The van der Waals surface area contributed by atoms with Gasteiger partial charge in [-0.25, -0.2) is 9.59 Å². The molecule has 0 bridgehead atoms. The summed E-state index contributed by atoms with van der Waals surface area (Å²) >= 11 is 0. The highest BCUT2D eigenvalue weighted by Gasteiger charge is 2.48. The Morgan fingerprint density at radius 2 is 1.33 bits per heavy atom. The number of carboxylic acid groups (broad SMARTS) is 2. The van der Waals surface area contributed by atoms with Crippen molar-refractivity contribution in [1.82, 2.24) is 5.32 Å². The van der Waals surface area contributed by atoms with E-state index in [-0.39, 0.29) is 12.1 Å². The Labute approximate surface area is 121 Å². The summed E-state index contributed by atoms with van der Waals surface area (Å²) in [6.07, 6.45) is 0. The number of hydrogen-bond donors (Lipinski definition) is 3. The molecule has 5 heteroatoms. The average Bonchev–Trinajstić information content (AvgIpc) is 2.49. The van der Waals surface area contributed by atoms with Crippen LogP contribution in [0.15, 0.2) is 60.7 Å². The van der Waals surface area contributed by atoms with Crippen LogP contribution in [-0.2, 0) is 21.7 Å². The molecular weight excluding hydrogens is 270 g/mol. The Bertz CT molecular complexity index is 611. The summed E-state index contributed by atoms with van der Waals surface area (Å²) in [4.78, 5) is 23.3. The van der Waals surface area contributed by atoms with Gasteiger partial charge in [0.05, 0.1) is 0 Å². The minimum absolute atomic E-state index is 0.133. The molecule has 5 nitrogen and oxygen atoms in total. The zero-order valence-corrected chi connectivity index (χ0v) is 11.2. The topological polar surface area (TPSA) is 86.6 Å². The maximum absolute atomic E-state index is 11.6. The van der Waals surface area contributed by atoms with Crippen molar-refractivity contribution in [2.24, 2.45) is 0 Å². The number of carbonyl (C=O) groups is 2. The van der Waals surface area contributed by atoms with Gasteiger partial charge in [0.1, 0.15) is 0 Å². The number of hydrogen-bond acceptors (Lipinski definition) is 3. The fourth-order valence-corrected chi connectivity index (χ4v) is 2.11. The molecule has 108 valence electrons. The van der Waals surface area contributed by atoms with Crippen molar-refractivity contribution in [3.8, 4) is 0 Å². The predicted molar refractivity (Wildman–Crippen MR) is 76.7 cm³/mol. The third-order valence-corrected chi connectivity index (χ3v) is 3.25. The Kier molecular flexibility index (Phi) is 4.35. The SMILES string of the molecule is O=C(O)C(NCc1ccccc1)(C(=O)O)c1ccccc1. The normalized spacial score (nSPS) is 11.0. The Balaban J connectivity index is 2.37. The van der Waals surface area contributed by atoms with E-state index >= 15 is 0 Å². The molecule has 0 amide bonds. The fourth-order valence-electron chi connectivity index (χ4n) is 2.11. The quantitative estimate of drug-likeness (QED) is 0.705. The molecule has 21 heavy (non-hydrogen) atoms. The lowest BCUT2D eigenvalue weighted by molar-refractivity contribution is -0.160. The summed E-state index contributed by atoms with van der Waals surface area (Å²) in [7, 11) is 0. The van der Waals surface area contributed by atoms with Gasteiger partial charge in [-0.3, -0.25) is 5.32 Å². The molecule has 0 saturated heterocycles. The van der Waals surface area contributed by atoms with Crippen LogP contribution in [0.1, 0.15) is 11.1 Å². The molecular formula is C16H15NO4. The van der Waals surface area contributed by atoms with Gasteiger partial charge in [-0.2, -0.15) is 0 Å².